The third-order valence-electron chi connectivity index (χ3n) is 5.66. The number of carbonyl (C=O) groups is 2. The molecule has 6 nitrogen and oxygen atoms in total. The highest BCUT2D eigenvalue weighted by Gasteiger charge is 2.25. The molecular weight excluding hydrogens is 547 g/mol. The topological polar surface area (TPSA) is 79.5 Å². The lowest BCUT2D eigenvalue weighted by Gasteiger charge is -2.16. The zero-order valence-electron chi connectivity index (χ0n) is 21.6. The van der Waals surface area contributed by atoms with Gasteiger partial charge in [0.15, 0.2) is 5.11 Å². The molecule has 200 valence electrons. The summed E-state index contributed by atoms with van der Waals surface area (Å²) in [5.41, 5.74) is 3.73. The van der Waals surface area contributed by atoms with Crippen molar-refractivity contribution in [3.63, 3.8) is 0 Å². The van der Waals surface area contributed by atoms with E-state index in [9.17, 15) is 9.59 Å². The van der Waals surface area contributed by atoms with E-state index in [4.69, 9.17) is 17.0 Å². The number of thiophene rings is 1. The Labute approximate surface area is 242 Å². The van der Waals surface area contributed by atoms with Gasteiger partial charge in [-0.25, -0.2) is 4.79 Å². The van der Waals surface area contributed by atoms with Crippen LogP contribution in [0.1, 0.15) is 30.6 Å². The van der Waals surface area contributed by atoms with Crippen molar-refractivity contribution in [1.29, 1.82) is 0 Å². The first kappa shape index (κ1) is 28.4. The van der Waals surface area contributed by atoms with E-state index in [1.807, 2.05) is 97.2 Å². The van der Waals surface area contributed by atoms with Crippen LogP contribution in [0.5, 0.6) is 0 Å². The van der Waals surface area contributed by atoms with Crippen molar-refractivity contribution in [3.05, 3.63) is 95.9 Å². The first-order valence-corrected chi connectivity index (χ1v) is 14.7. The monoisotopic (exact) mass is 575 g/mol. The molecule has 0 aliphatic carbocycles. The number of thiocarbonyl (C=S) groups is 1. The summed E-state index contributed by atoms with van der Waals surface area (Å²) in [7, 11) is 0. The van der Waals surface area contributed by atoms with Gasteiger partial charge in [-0.3, -0.25) is 4.79 Å². The van der Waals surface area contributed by atoms with E-state index < -0.39 is 5.97 Å². The van der Waals surface area contributed by atoms with Crippen LogP contribution in [0.2, 0.25) is 0 Å². The summed E-state index contributed by atoms with van der Waals surface area (Å²) < 4.78 is 5.32. The van der Waals surface area contributed by atoms with Crippen LogP contribution in [0, 0.1) is 0 Å². The highest BCUT2D eigenvalue weighted by atomic mass is 32.2. The van der Waals surface area contributed by atoms with Crippen LogP contribution in [-0.2, 0) is 9.53 Å². The number of nitrogens with one attached hydrogen (secondary N) is 3. The molecule has 3 aromatic carbocycles. The Morgan fingerprint density at radius 2 is 1.56 bits per heavy atom. The third kappa shape index (κ3) is 7.69. The predicted molar refractivity (Wildman–Crippen MR) is 167 cm³/mol. The van der Waals surface area contributed by atoms with Crippen molar-refractivity contribution in [2.24, 2.45) is 0 Å². The summed E-state index contributed by atoms with van der Waals surface area (Å²) in [4.78, 5) is 27.2. The molecule has 0 saturated carbocycles. The van der Waals surface area contributed by atoms with Gasteiger partial charge < -0.3 is 20.7 Å². The number of hydrogen-bond donors (Lipinski definition) is 3. The van der Waals surface area contributed by atoms with Crippen LogP contribution in [0.15, 0.2) is 95.2 Å². The molecule has 39 heavy (non-hydrogen) atoms. The first-order valence-electron chi connectivity index (χ1n) is 12.5. The maximum atomic E-state index is 13.4. The quantitative estimate of drug-likeness (QED) is 0.101. The van der Waals surface area contributed by atoms with Crippen molar-refractivity contribution in [2.75, 3.05) is 22.6 Å². The van der Waals surface area contributed by atoms with Crippen LogP contribution >= 0.6 is 35.3 Å². The van der Waals surface area contributed by atoms with Crippen molar-refractivity contribution in [2.45, 2.75) is 30.4 Å². The number of amides is 1. The molecule has 0 fully saturated rings. The minimum atomic E-state index is -0.451. The minimum absolute atomic E-state index is 0.172. The molecule has 0 bridgehead atoms. The number of ether oxygens (including phenoxy) is 1. The average Bonchev–Trinajstić information content (AvgIpc) is 3.36. The molecule has 0 aliphatic rings. The summed E-state index contributed by atoms with van der Waals surface area (Å²) in [5, 5.41) is 11.8. The molecule has 1 aromatic heterocycles. The van der Waals surface area contributed by atoms with E-state index in [1.165, 1.54) is 23.1 Å². The average molecular weight is 576 g/mol. The SMILES string of the molecule is CCOC(=O)c1c(-c2ccccc2)csc1NC(=O)C(CC)Sc1cccc(NC(=S)Nc2ccccc2)c1. The van der Waals surface area contributed by atoms with E-state index >= 15 is 0 Å². The summed E-state index contributed by atoms with van der Waals surface area (Å²) in [5.74, 6) is -0.624. The zero-order chi connectivity index (χ0) is 27.6. The van der Waals surface area contributed by atoms with Crippen molar-refractivity contribution < 1.29 is 14.3 Å². The molecule has 0 radical (unpaired) electrons. The summed E-state index contributed by atoms with van der Waals surface area (Å²) in [6.45, 7) is 3.98. The molecule has 3 N–H and O–H groups in total. The van der Waals surface area contributed by atoms with Gasteiger partial charge in [-0.15, -0.1) is 23.1 Å². The maximum absolute atomic E-state index is 13.4. The number of rotatable bonds is 10. The van der Waals surface area contributed by atoms with Gasteiger partial charge in [0.2, 0.25) is 5.91 Å². The summed E-state index contributed by atoms with van der Waals surface area (Å²) in [6.07, 6.45) is 0.605. The lowest BCUT2D eigenvalue weighted by Crippen LogP contribution is -2.25. The second kappa shape index (κ2) is 13.9. The lowest BCUT2D eigenvalue weighted by molar-refractivity contribution is -0.115. The summed E-state index contributed by atoms with van der Waals surface area (Å²) >= 11 is 8.23. The van der Waals surface area contributed by atoms with Gasteiger partial charge >= 0.3 is 5.97 Å². The number of thioether (sulfide) groups is 1. The van der Waals surface area contributed by atoms with Crippen LogP contribution < -0.4 is 16.0 Å². The lowest BCUT2D eigenvalue weighted by atomic mass is 10.0. The smallest absolute Gasteiger partial charge is 0.341 e. The molecule has 0 spiro atoms. The fourth-order valence-corrected chi connectivity index (χ4v) is 6.04. The summed E-state index contributed by atoms with van der Waals surface area (Å²) in [6, 6.07) is 27.1. The second-order valence-corrected chi connectivity index (χ2v) is 11.0. The van der Waals surface area contributed by atoms with Crippen molar-refractivity contribution in [1.82, 2.24) is 0 Å². The van der Waals surface area contributed by atoms with Crippen LogP contribution in [0.3, 0.4) is 0 Å². The Morgan fingerprint density at radius 1 is 0.897 bits per heavy atom. The molecule has 1 unspecified atom stereocenters. The number of anilines is 3. The van der Waals surface area contributed by atoms with Gasteiger partial charge in [0.05, 0.1) is 11.9 Å². The van der Waals surface area contributed by atoms with Gasteiger partial charge in [-0.2, -0.15) is 0 Å². The Hall–Kier alpha value is -3.66. The number of benzene rings is 3. The van der Waals surface area contributed by atoms with E-state index in [0.29, 0.717) is 22.1 Å². The molecule has 0 saturated heterocycles. The molecule has 1 amide bonds. The Morgan fingerprint density at radius 3 is 2.26 bits per heavy atom. The van der Waals surface area contributed by atoms with E-state index in [0.717, 1.165) is 27.4 Å². The number of carbonyl (C=O) groups excluding carboxylic acids is 2. The number of para-hydroxylation sites is 1. The minimum Gasteiger partial charge on any atom is -0.462 e. The molecule has 4 aromatic rings. The van der Waals surface area contributed by atoms with Crippen LogP contribution in [0.25, 0.3) is 11.1 Å². The second-order valence-electron chi connectivity index (χ2n) is 8.42. The molecular formula is C30H29N3O3S3. The highest BCUT2D eigenvalue weighted by Crippen LogP contribution is 2.37. The van der Waals surface area contributed by atoms with E-state index in [2.05, 4.69) is 16.0 Å². The Balaban J connectivity index is 1.46. The molecule has 1 atom stereocenters. The van der Waals surface area contributed by atoms with Gasteiger partial charge in [-0.05, 0) is 61.5 Å². The van der Waals surface area contributed by atoms with Gasteiger partial charge in [0.1, 0.15) is 10.6 Å². The first-order chi connectivity index (χ1) is 19.0. The zero-order valence-corrected chi connectivity index (χ0v) is 24.1. The normalized spacial score (nSPS) is 11.3. The maximum Gasteiger partial charge on any atom is 0.341 e. The van der Waals surface area contributed by atoms with Gasteiger partial charge in [0, 0.05) is 27.2 Å². The molecule has 1 heterocycles. The van der Waals surface area contributed by atoms with E-state index in [1.54, 1.807) is 6.92 Å². The standard InChI is InChI=1S/C30H29N3O3S3/c1-3-25(39-23-17-11-16-22(18-23)32-30(37)31-21-14-9-6-10-15-21)27(34)33-28-26(29(35)36-4-2)24(19-38-28)20-12-7-5-8-13-20/h5-19,25H,3-4H2,1-2H3,(H,33,34)(H2,31,32,37). The van der Waals surface area contributed by atoms with Crippen LogP contribution in [-0.4, -0.2) is 28.8 Å². The third-order valence-corrected chi connectivity index (χ3v) is 8.11. The Bertz CT molecular complexity index is 1430. The molecule has 4 rings (SSSR count). The van der Waals surface area contributed by atoms with Gasteiger partial charge in [-0.1, -0.05) is 61.5 Å². The Kier molecular flexibility index (Phi) is 10.1. The van der Waals surface area contributed by atoms with Crippen molar-refractivity contribution in [3.8, 4) is 11.1 Å². The van der Waals surface area contributed by atoms with E-state index in [-0.39, 0.29) is 17.8 Å². The molecule has 9 heteroatoms. The van der Waals surface area contributed by atoms with Crippen LogP contribution in [0.4, 0.5) is 16.4 Å². The van der Waals surface area contributed by atoms with Gasteiger partial charge in [0.25, 0.3) is 0 Å². The molecule has 0 aliphatic heterocycles. The number of esters is 1. The fourth-order valence-electron chi connectivity index (χ4n) is 3.83. The fraction of sp³-hybridized carbons (Fsp3) is 0.167. The predicted octanol–water partition coefficient (Wildman–Crippen LogP) is 7.91. The van der Waals surface area contributed by atoms with Crippen molar-refractivity contribution >= 4 is 68.7 Å². The number of hydrogen-bond acceptors (Lipinski definition) is 6. The highest BCUT2D eigenvalue weighted by molar-refractivity contribution is 8.00. The largest absolute Gasteiger partial charge is 0.462 e.